The second-order valence-corrected chi connectivity index (χ2v) is 21.5. The first-order valence-electron chi connectivity index (χ1n) is 16.6. The Kier molecular flexibility index (Phi) is 9.02. The maximum absolute atomic E-state index is 11.8. The molecule has 0 amide bonds. The minimum Gasteiger partial charge on any atom is -0.462 e. The molecule has 0 N–H and O–H groups in total. The van der Waals surface area contributed by atoms with Crippen LogP contribution in [0.4, 0.5) is 0 Å². The van der Waals surface area contributed by atoms with E-state index in [0.717, 1.165) is 42.9 Å². The molecule has 224 valence electrons. The van der Waals surface area contributed by atoms with Gasteiger partial charge in [-0.1, -0.05) is 86.3 Å². The summed E-state index contributed by atoms with van der Waals surface area (Å²) >= 11 is 0. The average molecular weight is 559 g/mol. The van der Waals surface area contributed by atoms with E-state index in [1.807, 2.05) is 0 Å². The second kappa shape index (κ2) is 11.2. The van der Waals surface area contributed by atoms with Crippen molar-refractivity contribution in [1.29, 1.82) is 0 Å². The second-order valence-electron chi connectivity index (χ2n) is 16.7. The molecule has 0 heterocycles. The highest BCUT2D eigenvalue weighted by molar-refractivity contribution is 6.74. The lowest BCUT2D eigenvalue weighted by Gasteiger charge is -2.61. The first kappa shape index (κ1) is 31.3. The molecule has 3 fully saturated rings. The van der Waals surface area contributed by atoms with Crippen LogP contribution >= 0.6 is 0 Å². The summed E-state index contributed by atoms with van der Waals surface area (Å²) < 4.78 is 13.2. The Morgan fingerprint density at radius 1 is 1.03 bits per heavy atom. The van der Waals surface area contributed by atoms with E-state index >= 15 is 0 Å². The third-order valence-corrected chi connectivity index (χ3v) is 17.3. The van der Waals surface area contributed by atoms with E-state index in [4.69, 9.17) is 9.16 Å². The van der Waals surface area contributed by atoms with Crippen molar-refractivity contribution in [3.63, 3.8) is 0 Å². The fourth-order valence-electron chi connectivity index (χ4n) is 9.58. The predicted octanol–water partition coefficient (Wildman–Crippen LogP) is 9.96. The fourth-order valence-corrected chi connectivity index (χ4v) is 10.8. The Balaban J connectivity index is 1.67. The summed E-state index contributed by atoms with van der Waals surface area (Å²) in [6.07, 6.45) is 15.5. The first-order chi connectivity index (χ1) is 18.0. The number of carbonyl (C=O) groups is 1. The van der Waals surface area contributed by atoms with Gasteiger partial charge in [-0.3, -0.25) is 4.79 Å². The minimum absolute atomic E-state index is 0.0308. The van der Waals surface area contributed by atoms with E-state index in [2.05, 4.69) is 74.6 Å². The van der Waals surface area contributed by atoms with E-state index < -0.39 is 8.32 Å². The van der Waals surface area contributed by atoms with Gasteiger partial charge in [0.15, 0.2) is 8.32 Å². The summed E-state index contributed by atoms with van der Waals surface area (Å²) in [7, 11) is -1.96. The van der Waals surface area contributed by atoms with E-state index in [0.29, 0.717) is 17.3 Å². The molecule has 4 aliphatic carbocycles. The largest absolute Gasteiger partial charge is 0.462 e. The normalized spacial score (nSPS) is 39.4. The Hall–Kier alpha value is -0.613. The van der Waals surface area contributed by atoms with E-state index in [-0.39, 0.29) is 28.6 Å². The van der Waals surface area contributed by atoms with Crippen LogP contribution in [-0.2, 0) is 14.0 Å². The highest BCUT2D eigenvalue weighted by atomic mass is 28.4. The Morgan fingerprint density at radius 2 is 1.72 bits per heavy atom. The molecule has 0 aliphatic heterocycles. The van der Waals surface area contributed by atoms with Crippen molar-refractivity contribution in [2.24, 2.45) is 46.3 Å². The van der Waals surface area contributed by atoms with Crippen molar-refractivity contribution < 1.29 is 14.0 Å². The van der Waals surface area contributed by atoms with Crippen LogP contribution in [0.2, 0.25) is 18.1 Å². The molecule has 0 bridgehead atoms. The summed E-state index contributed by atoms with van der Waals surface area (Å²) in [6, 6.07) is 0. The van der Waals surface area contributed by atoms with Crippen LogP contribution in [0.3, 0.4) is 0 Å². The van der Waals surface area contributed by atoms with Gasteiger partial charge in [0.25, 0.3) is 0 Å². The number of hydrogen-bond donors (Lipinski definition) is 0. The first-order valence-corrected chi connectivity index (χ1v) is 19.5. The molecule has 9 atom stereocenters. The molecule has 0 spiro atoms. The van der Waals surface area contributed by atoms with Gasteiger partial charge in [-0.05, 0) is 103 Å². The molecule has 3 saturated carbocycles. The zero-order chi connectivity index (χ0) is 29.0. The summed E-state index contributed by atoms with van der Waals surface area (Å²) in [6.45, 7) is 26.1. The van der Waals surface area contributed by atoms with Gasteiger partial charge >= 0.3 is 5.97 Å². The van der Waals surface area contributed by atoms with Gasteiger partial charge in [0.2, 0.25) is 0 Å². The zero-order valence-electron chi connectivity index (χ0n) is 27.5. The Labute approximate surface area is 242 Å². The number of rotatable bonds is 8. The Bertz CT molecular complexity index is 915. The summed E-state index contributed by atoms with van der Waals surface area (Å²) in [5.74, 6) is 4.39. The monoisotopic (exact) mass is 558 g/mol. The number of carbonyl (C=O) groups excluding carboxylic acids is 1. The highest BCUT2D eigenvalue weighted by Crippen LogP contribution is 2.68. The van der Waals surface area contributed by atoms with Crippen LogP contribution in [0.15, 0.2) is 11.6 Å². The van der Waals surface area contributed by atoms with Crippen LogP contribution in [0, 0.1) is 46.3 Å². The van der Waals surface area contributed by atoms with Crippen LogP contribution in [0.5, 0.6) is 0 Å². The molecule has 0 aromatic rings. The highest BCUT2D eigenvalue weighted by Gasteiger charge is 2.62. The van der Waals surface area contributed by atoms with Gasteiger partial charge in [0.1, 0.15) is 6.10 Å². The van der Waals surface area contributed by atoms with Gasteiger partial charge in [-0.2, -0.15) is 0 Å². The molecule has 7 unspecified atom stereocenters. The fraction of sp³-hybridized carbons (Fsp3) is 0.914. The van der Waals surface area contributed by atoms with Crippen molar-refractivity contribution in [3.05, 3.63) is 11.6 Å². The average Bonchev–Trinajstić information content (AvgIpc) is 3.15. The number of hydrogen-bond acceptors (Lipinski definition) is 3. The zero-order valence-corrected chi connectivity index (χ0v) is 28.5. The Morgan fingerprint density at radius 3 is 2.33 bits per heavy atom. The summed E-state index contributed by atoms with van der Waals surface area (Å²) in [5.41, 5.74) is 2.19. The maximum atomic E-state index is 11.8. The molecule has 0 saturated heterocycles. The smallest absolute Gasteiger partial charge is 0.302 e. The predicted molar refractivity (Wildman–Crippen MR) is 166 cm³/mol. The van der Waals surface area contributed by atoms with Gasteiger partial charge in [0.05, 0.1) is 6.10 Å². The number of ether oxygens (including phenoxy) is 1. The number of fused-ring (bicyclic) bond motifs is 5. The van der Waals surface area contributed by atoms with Gasteiger partial charge in [-0.25, -0.2) is 0 Å². The molecule has 4 heteroatoms. The van der Waals surface area contributed by atoms with Crippen LogP contribution in [0.25, 0.3) is 0 Å². The molecule has 0 aromatic heterocycles. The molecule has 3 nitrogen and oxygen atoms in total. The lowest BCUT2D eigenvalue weighted by molar-refractivity contribution is -0.149. The maximum Gasteiger partial charge on any atom is 0.302 e. The van der Waals surface area contributed by atoms with Gasteiger partial charge in [0, 0.05) is 13.3 Å². The quantitative estimate of drug-likeness (QED) is 0.169. The van der Waals surface area contributed by atoms with Crippen LogP contribution in [-0.4, -0.2) is 26.5 Å². The summed E-state index contributed by atoms with van der Waals surface area (Å²) in [4.78, 5) is 11.8. The van der Waals surface area contributed by atoms with Crippen molar-refractivity contribution in [2.75, 3.05) is 0 Å². The van der Waals surface area contributed by atoms with Gasteiger partial charge < -0.3 is 9.16 Å². The van der Waals surface area contributed by atoms with Crippen LogP contribution in [0.1, 0.15) is 127 Å². The topological polar surface area (TPSA) is 35.5 Å². The third kappa shape index (κ3) is 5.99. The SMILES string of the molecule is CC(=O)O[C@H]1CCC2(C)C(=CC(O[Si](C)(C)C(C)(C)C)C3C2CCC2(C)C3CC[C@@H]2C(C)CCCC(C)C)C1. The molecular weight excluding hydrogens is 496 g/mol. The van der Waals surface area contributed by atoms with Crippen molar-refractivity contribution in [2.45, 2.75) is 157 Å². The molecule has 39 heavy (non-hydrogen) atoms. The lowest BCUT2D eigenvalue weighted by Crippen LogP contribution is -2.57. The van der Waals surface area contributed by atoms with E-state index in [1.54, 1.807) is 6.92 Å². The third-order valence-electron chi connectivity index (χ3n) is 12.8. The molecular formula is C35H62O3Si. The van der Waals surface area contributed by atoms with Crippen molar-refractivity contribution in [3.8, 4) is 0 Å². The molecule has 0 radical (unpaired) electrons. The molecule has 0 aromatic carbocycles. The standard InChI is InChI=1S/C35H62O3Si/c1-23(2)13-12-14-24(3)28-15-16-29-32-30(18-20-35(28,29)9)34(8)19-17-27(37-25(4)36)21-26(34)22-31(32)38-39(10,11)33(5,6)7/h22-24,27-32H,12-21H2,1-11H3/t24?,27-,28+,29?,30?,31?,32?,34?,35?/m0/s1. The van der Waals surface area contributed by atoms with Crippen molar-refractivity contribution >= 4 is 14.3 Å². The van der Waals surface area contributed by atoms with Gasteiger partial charge in [-0.15, -0.1) is 0 Å². The van der Waals surface area contributed by atoms with E-state index in [1.165, 1.54) is 50.5 Å². The van der Waals surface area contributed by atoms with Crippen molar-refractivity contribution in [1.82, 2.24) is 0 Å². The molecule has 4 rings (SSSR count). The lowest BCUT2D eigenvalue weighted by atomic mass is 9.46. The van der Waals surface area contributed by atoms with Crippen LogP contribution < -0.4 is 0 Å². The van der Waals surface area contributed by atoms with E-state index in [9.17, 15) is 4.79 Å². The minimum atomic E-state index is -1.96. The number of esters is 1. The molecule has 4 aliphatic rings. The summed E-state index contributed by atoms with van der Waals surface area (Å²) in [5, 5.41) is 0.190.